The van der Waals surface area contributed by atoms with E-state index in [9.17, 15) is 9.59 Å². The Hall–Kier alpha value is -1.40. The summed E-state index contributed by atoms with van der Waals surface area (Å²) in [7, 11) is 1.65. The second-order valence-corrected chi connectivity index (χ2v) is 6.30. The molecule has 2 aromatic rings. The van der Waals surface area contributed by atoms with E-state index in [1.54, 1.807) is 30.6 Å². The van der Waals surface area contributed by atoms with Gasteiger partial charge in [0.05, 0.1) is 10.3 Å². The number of thiophene rings is 1. The zero-order valence-electron chi connectivity index (χ0n) is 9.64. The van der Waals surface area contributed by atoms with Crippen molar-refractivity contribution in [2.75, 3.05) is 0 Å². The van der Waals surface area contributed by atoms with Crippen molar-refractivity contribution >= 4 is 33.2 Å². The summed E-state index contributed by atoms with van der Waals surface area (Å²) in [5, 5.41) is 2.78. The highest BCUT2D eigenvalue weighted by atomic mass is 79.9. The Morgan fingerprint density at radius 1 is 1.44 bits per heavy atom. The predicted octanol–water partition coefficient (Wildman–Crippen LogP) is 2.14. The molecule has 0 spiro atoms. The number of aryl methyl sites for hydroxylation is 1. The number of carbonyl (C=O) groups is 1. The van der Waals surface area contributed by atoms with Crippen molar-refractivity contribution in [3.63, 3.8) is 0 Å². The molecule has 4 nitrogen and oxygen atoms in total. The summed E-state index contributed by atoms with van der Waals surface area (Å²) in [6.07, 6.45) is 1.58. The Kier molecular flexibility index (Phi) is 3.98. The van der Waals surface area contributed by atoms with Crippen molar-refractivity contribution in [1.82, 2.24) is 9.88 Å². The third kappa shape index (κ3) is 3.08. The van der Waals surface area contributed by atoms with Gasteiger partial charge in [0.15, 0.2) is 0 Å². The number of carbonyl (C=O) groups excluding carboxylic acids is 1. The van der Waals surface area contributed by atoms with E-state index in [2.05, 4.69) is 21.2 Å². The fourth-order valence-electron chi connectivity index (χ4n) is 1.41. The van der Waals surface area contributed by atoms with Crippen molar-refractivity contribution in [2.24, 2.45) is 7.05 Å². The van der Waals surface area contributed by atoms with Crippen molar-refractivity contribution in [3.8, 4) is 0 Å². The number of hydrogen-bond acceptors (Lipinski definition) is 3. The van der Waals surface area contributed by atoms with E-state index >= 15 is 0 Å². The zero-order chi connectivity index (χ0) is 13.1. The van der Waals surface area contributed by atoms with Crippen LogP contribution in [0, 0.1) is 0 Å². The molecule has 0 fully saturated rings. The molecule has 0 aliphatic heterocycles. The lowest BCUT2D eigenvalue weighted by Crippen LogP contribution is -2.25. The van der Waals surface area contributed by atoms with Crippen LogP contribution in [0.5, 0.6) is 0 Å². The van der Waals surface area contributed by atoms with Crippen molar-refractivity contribution in [1.29, 1.82) is 0 Å². The Morgan fingerprint density at radius 3 is 2.83 bits per heavy atom. The van der Waals surface area contributed by atoms with Crippen LogP contribution in [-0.2, 0) is 13.6 Å². The molecule has 0 unspecified atom stereocenters. The number of aromatic nitrogens is 1. The van der Waals surface area contributed by atoms with Gasteiger partial charge >= 0.3 is 0 Å². The van der Waals surface area contributed by atoms with E-state index in [4.69, 9.17) is 0 Å². The first-order valence-electron chi connectivity index (χ1n) is 5.25. The molecule has 94 valence electrons. The van der Waals surface area contributed by atoms with Gasteiger partial charge < -0.3 is 9.88 Å². The molecule has 2 aromatic heterocycles. The van der Waals surface area contributed by atoms with Crippen LogP contribution < -0.4 is 10.9 Å². The number of pyridine rings is 1. The molecule has 0 saturated heterocycles. The molecule has 2 heterocycles. The lowest BCUT2D eigenvalue weighted by molar-refractivity contribution is 0.0951. The highest BCUT2D eigenvalue weighted by Gasteiger charge is 2.07. The van der Waals surface area contributed by atoms with Crippen molar-refractivity contribution in [3.05, 3.63) is 55.0 Å². The molecule has 1 N–H and O–H groups in total. The van der Waals surface area contributed by atoms with E-state index in [-0.39, 0.29) is 11.5 Å². The van der Waals surface area contributed by atoms with E-state index in [0.29, 0.717) is 12.1 Å². The summed E-state index contributed by atoms with van der Waals surface area (Å²) in [5.41, 5.74) is 0.190. The van der Waals surface area contributed by atoms with Gasteiger partial charge in [-0.2, -0.15) is 0 Å². The first-order chi connectivity index (χ1) is 8.56. The quantitative estimate of drug-likeness (QED) is 0.939. The van der Waals surface area contributed by atoms with E-state index < -0.39 is 0 Å². The zero-order valence-corrected chi connectivity index (χ0v) is 12.0. The second-order valence-electron chi connectivity index (χ2n) is 3.75. The summed E-state index contributed by atoms with van der Waals surface area (Å²) in [5.74, 6) is -0.239. The van der Waals surface area contributed by atoms with E-state index in [0.717, 1.165) is 8.66 Å². The predicted molar refractivity (Wildman–Crippen MR) is 74.9 cm³/mol. The van der Waals surface area contributed by atoms with Crippen LogP contribution in [0.4, 0.5) is 0 Å². The van der Waals surface area contributed by atoms with Gasteiger partial charge in [0.1, 0.15) is 0 Å². The molecule has 6 heteroatoms. The standard InChI is InChI=1S/C12H11BrN2O2S/c1-15-5-4-8(6-11(15)16)12(17)14-7-9-2-3-10(13)18-9/h2-6H,7H2,1H3,(H,14,17). The van der Waals surface area contributed by atoms with Gasteiger partial charge in [-0.1, -0.05) is 0 Å². The van der Waals surface area contributed by atoms with Crippen LogP contribution >= 0.6 is 27.3 Å². The van der Waals surface area contributed by atoms with Crippen molar-refractivity contribution in [2.45, 2.75) is 6.54 Å². The number of nitrogens with zero attached hydrogens (tertiary/aromatic N) is 1. The lowest BCUT2D eigenvalue weighted by Gasteiger charge is -2.04. The van der Waals surface area contributed by atoms with E-state index in [1.807, 2.05) is 12.1 Å². The molecule has 2 rings (SSSR count). The number of amides is 1. The fraction of sp³-hybridized carbons (Fsp3) is 0.167. The highest BCUT2D eigenvalue weighted by molar-refractivity contribution is 9.11. The van der Waals surface area contributed by atoms with Gasteiger partial charge in [0, 0.05) is 29.8 Å². The Morgan fingerprint density at radius 2 is 2.22 bits per heavy atom. The van der Waals surface area contributed by atoms with Gasteiger partial charge in [-0.05, 0) is 34.1 Å². The maximum absolute atomic E-state index is 11.8. The molecule has 1 amide bonds. The topological polar surface area (TPSA) is 51.1 Å². The Labute approximate surface area is 116 Å². The van der Waals surface area contributed by atoms with Crippen molar-refractivity contribution < 1.29 is 4.79 Å². The summed E-state index contributed by atoms with van der Waals surface area (Å²) in [4.78, 5) is 24.3. The van der Waals surface area contributed by atoms with Crippen LogP contribution in [0.25, 0.3) is 0 Å². The molecular weight excluding hydrogens is 316 g/mol. The average molecular weight is 327 g/mol. The minimum absolute atomic E-state index is 0.193. The SMILES string of the molecule is Cn1ccc(C(=O)NCc2ccc(Br)s2)cc1=O. The molecule has 0 saturated carbocycles. The molecule has 0 aliphatic rings. The van der Waals surface area contributed by atoms with Crippen LogP contribution in [0.1, 0.15) is 15.2 Å². The minimum Gasteiger partial charge on any atom is -0.347 e. The summed E-state index contributed by atoms with van der Waals surface area (Å²) >= 11 is 4.93. The normalized spacial score (nSPS) is 10.3. The largest absolute Gasteiger partial charge is 0.347 e. The Balaban J connectivity index is 2.03. The molecule has 0 radical (unpaired) electrons. The number of halogens is 1. The fourth-order valence-corrected chi connectivity index (χ4v) is 2.83. The average Bonchev–Trinajstić information content (AvgIpc) is 2.75. The molecule has 0 aromatic carbocycles. The monoisotopic (exact) mass is 326 g/mol. The first-order valence-corrected chi connectivity index (χ1v) is 6.86. The van der Waals surface area contributed by atoms with Gasteiger partial charge in [0.25, 0.3) is 11.5 Å². The minimum atomic E-state index is -0.239. The van der Waals surface area contributed by atoms with Gasteiger partial charge in [-0.3, -0.25) is 9.59 Å². The maximum atomic E-state index is 11.8. The third-order valence-corrected chi connectivity index (χ3v) is 4.04. The summed E-state index contributed by atoms with van der Waals surface area (Å²) in [6, 6.07) is 6.84. The van der Waals surface area contributed by atoms with Gasteiger partial charge in [-0.25, -0.2) is 0 Å². The first kappa shape index (κ1) is 13.0. The maximum Gasteiger partial charge on any atom is 0.251 e. The highest BCUT2D eigenvalue weighted by Crippen LogP contribution is 2.21. The number of rotatable bonds is 3. The second kappa shape index (κ2) is 5.49. The summed E-state index contributed by atoms with van der Waals surface area (Å²) in [6.45, 7) is 0.463. The lowest BCUT2D eigenvalue weighted by atomic mass is 10.2. The van der Waals surface area contributed by atoms with Crippen LogP contribution in [-0.4, -0.2) is 10.5 Å². The smallest absolute Gasteiger partial charge is 0.251 e. The van der Waals surface area contributed by atoms with Crippen LogP contribution in [0.3, 0.4) is 0 Å². The number of nitrogens with one attached hydrogen (secondary N) is 1. The molecule has 18 heavy (non-hydrogen) atoms. The summed E-state index contributed by atoms with van der Waals surface area (Å²) < 4.78 is 2.45. The third-order valence-electron chi connectivity index (χ3n) is 2.42. The van der Waals surface area contributed by atoms with Crippen LogP contribution in [0.2, 0.25) is 0 Å². The molecule has 0 bridgehead atoms. The number of hydrogen-bond donors (Lipinski definition) is 1. The molecule has 0 aliphatic carbocycles. The van der Waals surface area contributed by atoms with E-state index in [1.165, 1.54) is 10.6 Å². The van der Waals surface area contributed by atoms with Gasteiger partial charge in [0.2, 0.25) is 0 Å². The molecular formula is C12H11BrN2O2S. The molecule has 0 atom stereocenters. The Bertz CT molecular complexity index is 633. The van der Waals surface area contributed by atoms with Gasteiger partial charge in [-0.15, -0.1) is 11.3 Å². The van der Waals surface area contributed by atoms with Crippen LogP contribution in [0.15, 0.2) is 39.0 Å².